The number of nitrogens with zero attached hydrogens (tertiary/aromatic N) is 1. The van der Waals surface area contributed by atoms with Crippen LogP contribution in [0.3, 0.4) is 0 Å². The summed E-state index contributed by atoms with van der Waals surface area (Å²) in [6.45, 7) is 0. The van der Waals surface area contributed by atoms with Gasteiger partial charge >= 0.3 is 5.88 Å². The summed E-state index contributed by atoms with van der Waals surface area (Å²) in [6.07, 6.45) is 0.731. The van der Waals surface area contributed by atoms with Gasteiger partial charge in [0, 0.05) is 12.1 Å². The minimum absolute atomic E-state index is 0.0149. The number of amides is 1. The number of rotatable bonds is 3. The Kier molecular flexibility index (Phi) is 2.16. The first-order valence-electron chi connectivity index (χ1n) is 4.38. The Balaban J connectivity index is 2.02. The Labute approximate surface area is 84.4 Å². The lowest BCUT2D eigenvalue weighted by Gasteiger charge is -1.98. The van der Waals surface area contributed by atoms with Crippen LogP contribution in [0, 0.1) is 10.1 Å². The Morgan fingerprint density at radius 1 is 1.67 bits per heavy atom. The third-order valence-corrected chi connectivity index (χ3v) is 2.15. The van der Waals surface area contributed by atoms with Crippen molar-refractivity contribution in [2.75, 3.05) is 0 Å². The van der Waals surface area contributed by atoms with E-state index in [1.165, 1.54) is 6.07 Å². The third-order valence-electron chi connectivity index (χ3n) is 2.15. The number of hydrogen-bond acceptors (Lipinski definition) is 5. The van der Waals surface area contributed by atoms with Crippen molar-refractivity contribution in [3.05, 3.63) is 28.0 Å². The monoisotopic (exact) mass is 211 g/mol. The molecule has 1 aliphatic rings. The van der Waals surface area contributed by atoms with E-state index in [0.717, 1.165) is 12.5 Å². The molecule has 7 heteroatoms. The molecule has 7 nitrogen and oxygen atoms in total. The van der Waals surface area contributed by atoms with Crippen LogP contribution in [-0.4, -0.2) is 22.9 Å². The molecule has 80 valence electrons. The summed E-state index contributed by atoms with van der Waals surface area (Å²) in [4.78, 5) is 21.0. The number of nitrogens with one attached hydrogen (secondary N) is 1. The highest BCUT2D eigenvalue weighted by atomic mass is 16.6. The van der Waals surface area contributed by atoms with Gasteiger partial charge < -0.3 is 15.5 Å². The Bertz CT molecular complexity index is 414. The molecular weight excluding hydrogens is 202 g/mol. The molecule has 1 aromatic heterocycles. The molecule has 0 bridgehead atoms. The van der Waals surface area contributed by atoms with Crippen LogP contribution in [-0.2, 0) is 0 Å². The van der Waals surface area contributed by atoms with Crippen LogP contribution in [0.2, 0.25) is 0 Å². The van der Waals surface area contributed by atoms with Crippen molar-refractivity contribution in [3.63, 3.8) is 0 Å². The van der Waals surface area contributed by atoms with Crippen molar-refractivity contribution >= 4 is 11.8 Å². The van der Waals surface area contributed by atoms with E-state index < -0.39 is 16.7 Å². The fourth-order valence-corrected chi connectivity index (χ4v) is 1.17. The maximum Gasteiger partial charge on any atom is 0.433 e. The quantitative estimate of drug-likeness (QED) is 0.540. The van der Waals surface area contributed by atoms with Crippen LogP contribution >= 0.6 is 0 Å². The van der Waals surface area contributed by atoms with Gasteiger partial charge in [0.15, 0.2) is 5.76 Å². The van der Waals surface area contributed by atoms with Crippen LogP contribution < -0.4 is 11.1 Å². The molecule has 2 atom stereocenters. The first-order chi connectivity index (χ1) is 7.08. The van der Waals surface area contributed by atoms with E-state index in [0.29, 0.717) is 0 Å². The molecule has 1 aliphatic carbocycles. The summed E-state index contributed by atoms with van der Waals surface area (Å²) in [6, 6.07) is 2.35. The number of furan rings is 1. The predicted octanol–water partition coefficient (Wildman–Crippen LogP) is 0.0172. The number of carbonyl (C=O) groups excluding carboxylic acids is 1. The zero-order valence-corrected chi connectivity index (χ0v) is 7.67. The second kappa shape index (κ2) is 3.35. The van der Waals surface area contributed by atoms with Crippen LogP contribution in [0.5, 0.6) is 0 Å². The smallest absolute Gasteiger partial charge is 0.395 e. The lowest BCUT2D eigenvalue weighted by molar-refractivity contribution is -0.402. The molecule has 1 heterocycles. The molecule has 0 aromatic carbocycles. The van der Waals surface area contributed by atoms with E-state index in [1.807, 2.05) is 0 Å². The van der Waals surface area contributed by atoms with Crippen LogP contribution in [0.4, 0.5) is 5.88 Å². The van der Waals surface area contributed by atoms with Gasteiger partial charge in [0.1, 0.15) is 4.92 Å². The van der Waals surface area contributed by atoms with Gasteiger partial charge in [-0.25, -0.2) is 0 Å². The van der Waals surface area contributed by atoms with E-state index >= 15 is 0 Å². The average Bonchev–Trinajstić information content (AvgIpc) is 2.71. The summed E-state index contributed by atoms with van der Waals surface area (Å²) in [5, 5.41) is 12.9. The molecular formula is C8H9N3O4. The molecule has 0 radical (unpaired) electrons. The second-order valence-electron chi connectivity index (χ2n) is 3.37. The molecule has 2 unspecified atom stereocenters. The first-order valence-corrected chi connectivity index (χ1v) is 4.38. The Morgan fingerprint density at radius 2 is 2.33 bits per heavy atom. The fraction of sp³-hybridized carbons (Fsp3) is 0.375. The van der Waals surface area contributed by atoms with Crippen molar-refractivity contribution in [1.29, 1.82) is 0 Å². The summed E-state index contributed by atoms with van der Waals surface area (Å²) in [7, 11) is 0. The topological polar surface area (TPSA) is 111 Å². The molecule has 3 N–H and O–H groups in total. The van der Waals surface area contributed by atoms with Crippen molar-refractivity contribution in [3.8, 4) is 0 Å². The third kappa shape index (κ3) is 1.96. The zero-order chi connectivity index (χ0) is 11.0. The second-order valence-corrected chi connectivity index (χ2v) is 3.37. The molecule has 0 saturated heterocycles. The van der Waals surface area contributed by atoms with Crippen molar-refractivity contribution in [2.45, 2.75) is 18.5 Å². The number of carbonyl (C=O) groups is 1. The van der Waals surface area contributed by atoms with E-state index in [9.17, 15) is 14.9 Å². The van der Waals surface area contributed by atoms with Gasteiger partial charge in [-0.3, -0.25) is 14.9 Å². The summed E-state index contributed by atoms with van der Waals surface area (Å²) >= 11 is 0. The lowest BCUT2D eigenvalue weighted by atomic mass is 10.4. The zero-order valence-electron chi connectivity index (χ0n) is 7.67. The SMILES string of the molecule is NC1CC1NC(=O)c1ccc([N+](=O)[O-])o1. The largest absolute Gasteiger partial charge is 0.433 e. The van der Waals surface area contributed by atoms with E-state index in [4.69, 9.17) is 10.2 Å². The van der Waals surface area contributed by atoms with Crippen LogP contribution in [0.25, 0.3) is 0 Å². The van der Waals surface area contributed by atoms with Gasteiger partial charge in [-0.1, -0.05) is 0 Å². The molecule has 1 saturated carbocycles. The Morgan fingerprint density at radius 3 is 2.80 bits per heavy atom. The minimum atomic E-state index is -0.695. The summed E-state index contributed by atoms with van der Waals surface area (Å²) in [5.41, 5.74) is 5.49. The highest BCUT2D eigenvalue weighted by Gasteiger charge is 2.35. The standard InChI is InChI=1S/C8H9N3O4/c9-4-3-5(4)10-8(12)6-1-2-7(15-6)11(13)14/h1-2,4-5H,3,9H2,(H,10,12). The maximum atomic E-state index is 11.4. The molecule has 2 rings (SSSR count). The van der Waals surface area contributed by atoms with E-state index in [2.05, 4.69) is 5.32 Å². The lowest BCUT2D eigenvalue weighted by Crippen LogP contribution is -2.29. The predicted molar refractivity (Wildman–Crippen MR) is 49.2 cm³/mol. The average molecular weight is 211 g/mol. The summed E-state index contributed by atoms with van der Waals surface area (Å²) in [5.74, 6) is -0.984. The summed E-state index contributed by atoms with van der Waals surface area (Å²) < 4.78 is 4.72. The van der Waals surface area contributed by atoms with Gasteiger partial charge in [0.05, 0.1) is 6.07 Å². The first kappa shape index (κ1) is 9.66. The fourth-order valence-electron chi connectivity index (χ4n) is 1.17. The molecule has 0 spiro atoms. The number of nitro groups is 1. The van der Waals surface area contributed by atoms with Crippen molar-refractivity contribution in [1.82, 2.24) is 5.32 Å². The molecule has 0 aliphatic heterocycles. The van der Waals surface area contributed by atoms with Gasteiger partial charge in [0.25, 0.3) is 5.91 Å². The molecule has 1 fully saturated rings. The molecule has 15 heavy (non-hydrogen) atoms. The van der Waals surface area contributed by atoms with Crippen molar-refractivity contribution < 1.29 is 14.1 Å². The van der Waals surface area contributed by atoms with Gasteiger partial charge in [-0.2, -0.15) is 0 Å². The minimum Gasteiger partial charge on any atom is -0.395 e. The maximum absolute atomic E-state index is 11.4. The highest BCUT2D eigenvalue weighted by molar-refractivity contribution is 5.92. The van der Waals surface area contributed by atoms with Crippen LogP contribution in [0.15, 0.2) is 16.5 Å². The highest BCUT2D eigenvalue weighted by Crippen LogP contribution is 2.20. The van der Waals surface area contributed by atoms with Crippen molar-refractivity contribution in [2.24, 2.45) is 5.73 Å². The van der Waals surface area contributed by atoms with Gasteiger partial charge in [-0.15, -0.1) is 0 Å². The normalized spacial score (nSPS) is 23.5. The molecule has 1 aromatic rings. The van der Waals surface area contributed by atoms with Crippen LogP contribution in [0.1, 0.15) is 17.0 Å². The Hall–Kier alpha value is -1.89. The van der Waals surface area contributed by atoms with E-state index in [1.54, 1.807) is 0 Å². The van der Waals surface area contributed by atoms with Gasteiger partial charge in [0.2, 0.25) is 0 Å². The number of hydrogen-bond donors (Lipinski definition) is 2. The number of nitrogens with two attached hydrogens (primary N) is 1. The molecule has 1 amide bonds. The van der Waals surface area contributed by atoms with Gasteiger partial charge in [-0.05, 0) is 12.5 Å². The van der Waals surface area contributed by atoms with E-state index in [-0.39, 0.29) is 17.8 Å².